The number of nitro groups is 1. The number of hydrogen-bond acceptors (Lipinski definition) is 3. The highest BCUT2D eigenvalue weighted by Gasteiger charge is 2.13. The van der Waals surface area contributed by atoms with Crippen molar-refractivity contribution < 1.29 is 9.63 Å². The van der Waals surface area contributed by atoms with Gasteiger partial charge in [-0.05, 0) is 46.9 Å². The van der Waals surface area contributed by atoms with E-state index in [9.17, 15) is 10.1 Å². The lowest BCUT2D eigenvalue weighted by Gasteiger charge is -2.06. The number of benzene rings is 2. The lowest BCUT2D eigenvalue weighted by Crippen LogP contribution is -1.97. The van der Waals surface area contributed by atoms with Crippen molar-refractivity contribution in [1.82, 2.24) is 0 Å². The van der Waals surface area contributed by atoms with Crippen molar-refractivity contribution in [3.63, 3.8) is 0 Å². The third-order valence-corrected chi connectivity index (χ3v) is 2.88. The zero-order chi connectivity index (χ0) is 12.3. The van der Waals surface area contributed by atoms with E-state index in [2.05, 4.69) is 27.9 Å². The van der Waals surface area contributed by atoms with Gasteiger partial charge in [-0.25, -0.2) is 0 Å². The van der Waals surface area contributed by atoms with Crippen molar-refractivity contribution in [3.8, 4) is 0 Å². The Labute approximate surface area is 117 Å². The topological polar surface area (TPSA) is 55.2 Å². The Hall–Kier alpha value is -1.70. The van der Waals surface area contributed by atoms with Gasteiger partial charge in [-0.15, -0.1) is 0 Å². The first-order valence-corrected chi connectivity index (χ1v) is 6.01. The number of para-hydroxylation sites is 1. The van der Waals surface area contributed by atoms with Crippen molar-refractivity contribution in [3.05, 3.63) is 62.2 Å². The minimum absolute atomic E-state index is 0. The summed E-state index contributed by atoms with van der Waals surface area (Å²) in [6, 6.07) is 14.5. The summed E-state index contributed by atoms with van der Waals surface area (Å²) in [5.41, 5.74) is 1.42. The van der Waals surface area contributed by atoms with E-state index in [1.54, 1.807) is 12.1 Å². The van der Waals surface area contributed by atoms with Gasteiger partial charge in [0, 0.05) is 15.3 Å². The zero-order valence-corrected chi connectivity index (χ0v) is 11.3. The second-order valence-electron chi connectivity index (χ2n) is 3.41. The fourth-order valence-corrected chi connectivity index (χ4v) is 1.91. The maximum Gasteiger partial charge on any atom is 0.293 e. The van der Waals surface area contributed by atoms with Crippen LogP contribution >= 0.6 is 22.6 Å². The van der Waals surface area contributed by atoms with Crippen LogP contribution in [0.25, 0.3) is 0 Å². The molecule has 0 aliphatic heterocycles. The van der Waals surface area contributed by atoms with Gasteiger partial charge in [-0.1, -0.05) is 18.2 Å². The minimum atomic E-state index is -0.382. The van der Waals surface area contributed by atoms with E-state index in [1.807, 2.05) is 36.4 Å². The van der Waals surface area contributed by atoms with Crippen molar-refractivity contribution in [2.75, 3.05) is 5.32 Å². The van der Waals surface area contributed by atoms with E-state index in [1.165, 1.54) is 0 Å². The van der Waals surface area contributed by atoms with E-state index >= 15 is 0 Å². The molecule has 0 spiro atoms. The van der Waals surface area contributed by atoms with Gasteiger partial charge in [0.05, 0.1) is 4.92 Å². The molecule has 0 unspecified atom stereocenters. The molecule has 1 N–H and O–H groups in total. The highest BCUT2D eigenvalue weighted by atomic mass is 127. The first-order valence-electron chi connectivity index (χ1n) is 4.93. The molecule has 0 fully saturated rings. The van der Waals surface area contributed by atoms with Crippen LogP contribution in [0, 0.1) is 13.7 Å². The summed E-state index contributed by atoms with van der Waals surface area (Å²) in [5, 5.41) is 14.0. The highest BCUT2D eigenvalue weighted by Crippen LogP contribution is 2.28. The number of halogens is 2. The van der Waals surface area contributed by atoms with E-state index in [0.29, 0.717) is 5.69 Å². The van der Waals surface area contributed by atoms with Gasteiger partial charge >= 0.3 is 0 Å². The molecule has 0 bridgehead atoms. The van der Waals surface area contributed by atoms with Crippen LogP contribution in [-0.4, -0.2) is 4.92 Å². The summed E-state index contributed by atoms with van der Waals surface area (Å²) in [6.07, 6.45) is 0. The molecule has 0 heterocycles. The first-order chi connectivity index (χ1) is 8.16. The molecule has 0 saturated carbocycles. The molecule has 6 heteroatoms. The summed E-state index contributed by atoms with van der Waals surface area (Å²) in [6.45, 7) is 0. The predicted octanol–water partition coefficient (Wildman–Crippen LogP) is 4.10. The summed E-state index contributed by atoms with van der Waals surface area (Å²) < 4.78 is 0.841. The van der Waals surface area contributed by atoms with Crippen molar-refractivity contribution in [2.45, 2.75) is 0 Å². The Morgan fingerprint density at radius 3 is 2.39 bits per heavy atom. The SMILES string of the molecule is F.O=[N+]([O-])c1cc(I)ccc1Nc1ccccc1. The molecule has 18 heavy (non-hydrogen) atoms. The first kappa shape index (κ1) is 14.4. The van der Waals surface area contributed by atoms with Crippen LogP contribution in [0.4, 0.5) is 21.8 Å². The summed E-state index contributed by atoms with van der Waals surface area (Å²) in [4.78, 5) is 10.5. The number of nitro benzene ring substituents is 1. The minimum Gasteiger partial charge on any atom is -0.350 e. The van der Waals surface area contributed by atoms with Crippen LogP contribution in [0.5, 0.6) is 0 Å². The number of nitrogens with zero attached hydrogens (tertiary/aromatic N) is 1. The van der Waals surface area contributed by atoms with Gasteiger partial charge in [0.15, 0.2) is 0 Å². The van der Waals surface area contributed by atoms with E-state index < -0.39 is 0 Å². The lowest BCUT2D eigenvalue weighted by molar-refractivity contribution is -0.384. The Morgan fingerprint density at radius 1 is 1.11 bits per heavy atom. The lowest BCUT2D eigenvalue weighted by atomic mass is 10.2. The molecule has 0 amide bonds. The third kappa shape index (κ3) is 3.39. The molecule has 0 saturated heterocycles. The fourth-order valence-electron chi connectivity index (χ4n) is 1.44. The molecule has 4 nitrogen and oxygen atoms in total. The maximum absolute atomic E-state index is 10.9. The van der Waals surface area contributed by atoms with Crippen molar-refractivity contribution >= 4 is 39.7 Å². The second-order valence-corrected chi connectivity index (χ2v) is 4.66. The molecule has 0 atom stereocenters. The van der Waals surface area contributed by atoms with Crippen LogP contribution in [-0.2, 0) is 0 Å². The van der Waals surface area contributed by atoms with Crippen LogP contribution in [0.3, 0.4) is 0 Å². The fraction of sp³-hybridized carbons (Fsp3) is 0. The van der Waals surface area contributed by atoms with Gasteiger partial charge in [0.1, 0.15) is 5.69 Å². The smallest absolute Gasteiger partial charge is 0.293 e. The van der Waals surface area contributed by atoms with Gasteiger partial charge < -0.3 is 5.32 Å². The highest BCUT2D eigenvalue weighted by molar-refractivity contribution is 14.1. The van der Waals surface area contributed by atoms with Gasteiger partial charge in [-0.2, -0.15) is 0 Å². The maximum atomic E-state index is 10.9. The van der Waals surface area contributed by atoms with Crippen LogP contribution in [0.1, 0.15) is 0 Å². The second kappa shape index (κ2) is 6.29. The quantitative estimate of drug-likeness (QED) is 0.510. The summed E-state index contributed by atoms with van der Waals surface area (Å²) >= 11 is 2.05. The van der Waals surface area contributed by atoms with Gasteiger partial charge in [0.25, 0.3) is 5.69 Å². The molecule has 0 radical (unpaired) electrons. The molecule has 0 aliphatic rings. The van der Waals surface area contributed by atoms with Crippen molar-refractivity contribution in [2.24, 2.45) is 0 Å². The zero-order valence-electron chi connectivity index (χ0n) is 9.17. The average Bonchev–Trinajstić information content (AvgIpc) is 2.32. The van der Waals surface area contributed by atoms with E-state index in [0.717, 1.165) is 9.26 Å². The van der Waals surface area contributed by atoms with Crippen molar-refractivity contribution in [1.29, 1.82) is 0 Å². The molecule has 2 aromatic carbocycles. The van der Waals surface area contributed by atoms with Crippen LogP contribution < -0.4 is 5.32 Å². The number of rotatable bonds is 3. The molecular formula is C12H10FIN2O2. The average molecular weight is 360 g/mol. The van der Waals surface area contributed by atoms with E-state index in [4.69, 9.17) is 0 Å². The molecule has 0 aromatic heterocycles. The Kier molecular flexibility index (Phi) is 5.02. The molecule has 94 valence electrons. The molecular weight excluding hydrogens is 350 g/mol. The largest absolute Gasteiger partial charge is 0.350 e. The molecule has 2 aromatic rings. The van der Waals surface area contributed by atoms with Crippen LogP contribution in [0.15, 0.2) is 48.5 Å². The normalized spacial score (nSPS) is 9.39. The van der Waals surface area contributed by atoms with E-state index in [-0.39, 0.29) is 15.3 Å². The Bertz CT molecular complexity index is 549. The van der Waals surface area contributed by atoms with Gasteiger partial charge in [-0.3, -0.25) is 14.8 Å². The third-order valence-electron chi connectivity index (χ3n) is 2.21. The number of anilines is 2. The summed E-state index contributed by atoms with van der Waals surface area (Å²) in [7, 11) is 0. The Morgan fingerprint density at radius 2 is 1.78 bits per heavy atom. The number of nitrogens with one attached hydrogen (secondary N) is 1. The molecule has 2 rings (SSSR count). The molecule has 0 aliphatic carbocycles. The van der Waals surface area contributed by atoms with Gasteiger partial charge in [0.2, 0.25) is 0 Å². The Balaban J connectivity index is 0.00000162. The standard InChI is InChI=1S/C12H9IN2O2.FH/c13-9-6-7-11(12(8-9)15(16)17)14-10-4-2-1-3-5-10;/h1-8,14H;1H. The predicted molar refractivity (Wildman–Crippen MR) is 78.0 cm³/mol. The summed E-state index contributed by atoms with van der Waals surface area (Å²) in [5.74, 6) is 0. The van der Waals surface area contributed by atoms with Crippen LogP contribution in [0.2, 0.25) is 0 Å². The number of hydrogen-bond donors (Lipinski definition) is 1. The monoisotopic (exact) mass is 360 g/mol.